The second kappa shape index (κ2) is 5.92. The monoisotopic (exact) mass is 315 g/mol. The number of hydrogen-bond acceptors (Lipinski definition) is 5. The van der Waals surface area contributed by atoms with Gasteiger partial charge in [-0.25, -0.2) is 4.98 Å². The number of anilines is 2. The van der Waals surface area contributed by atoms with E-state index in [1.807, 2.05) is 42.5 Å². The van der Waals surface area contributed by atoms with Gasteiger partial charge in [0.05, 0.1) is 5.39 Å². The molecular weight excluding hydrogens is 302 g/mol. The van der Waals surface area contributed by atoms with Gasteiger partial charge in [-0.15, -0.1) is 0 Å². The molecule has 0 amide bonds. The number of aromatic nitrogens is 4. The highest BCUT2D eigenvalue weighted by Gasteiger charge is 2.11. The lowest BCUT2D eigenvalue weighted by molar-refractivity contribution is 1.14. The summed E-state index contributed by atoms with van der Waals surface area (Å²) in [5.74, 6) is 0.359. The summed E-state index contributed by atoms with van der Waals surface area (Å²) in [5.41, 5.74) is 2.67. The maximum absolute atomic E-state index is 12.6. The highest BCUT2D eigenvalue weighted by atomic mass is 16.1. The summed E-state index contributed by atoms with van der Waals surface area (Å²) >= 11 is 0. The molecule has 3 aromatic heterocycles. The number of benzene rings is 1. The van der Waals surface area contributed by atoms with Crippen LogP contribution in [-0.2, 0) is 0 Å². The van der Waals surface area contributed by atoms with E-state index in [2.05, 4.69) is 25.3 Å². The molecule has 4 rings (SSSR count). The van der Waals surface area contributed by atoms with Crippen molar-refractivity contribution in [3.63, 3.8) is 0 Å². The molecule has 6 heteroatoms. The van der Waals surface area contributed by atoms with E-state index in [1.54, 1.807) is 24.7 Å². The van der Waals surface area contributed by atoms with Crippen LogP contribution in [0.25, 0.3) is 22.2 Å². The fraction of sp³-hybridized carbons (Fsp3) is 0. The predicted octanol–water partition coefficient (Wildman–Crippen LogP) is 3.12. The van der Waals surface area contributed by atoms with Gasteiger partial charge in [0, 0.05) is 24.3 Å². The van der Waals surface area contributed by atoms with Crippen LogP contribution in [0, 0.1) is 0 Å². The van der Waals surface area contributed by atoms with Crippen LogP contribution >= 0.6 is 0 Å². The number of aromatic amines is 1. The molecule has 3 heterocycles. The van der Waals surface area contributed by atoms with E-state index < -0.39 is 0 Å². The zero-order valence-corrected chi connectivity index (χ0v) is 12.6. The van der Waals surface area contributed by atoms with Crippen LogP contribution in [0.2, 0.25) is 0 Å². The molecule has 24 heavy (non-hydrogen) atoms. The quantitative estimate of drug-likeness (QED) is 0.607. The first kappa shape index (κ1) is 14.1. The first-order valence-corrected chi connectivity index (χ1v) is 7.43. The molecule has 6 nitrogen and oxygen atoms in total. The van der Waals surface area contributed by atoms with Crippen molar-refractivity contribution in [3.05, 3.63) is 77.5 Å². The highest BCUT2D eigenvalue weighted by Crippen LogP contribution is 2.24. The fourth-order valence-corrected chi connectivity index (χ4v) is 2.55. The third-order valence-electron chi connectivity index (χ3n) is 3.64. The van der Waals surface area contributed by atoms with Crippen molar-refractivity contribution in [3.8, 4) is 11.1 Å². The number of H-pyrrole nitrogens is 1. The van der Waals surface area contributed by atoms with Gasteiger partial charge in [0.1, 0.15) is 0 Å². The van der Waals surface area contributed by atoms with Crippen LogP contribution in [-0.4, -0.2) is 19.9 Å². The van der Waals surface area contributed by atoms with Crippen molar-refractivity contribution in [1.82, 2.24) is 19.9 Å². The Balaban J connectivity index is 1.85. The fourth-order valence-electron chi connectivity index (χ4n) is 2.55. The lowest BCUT2D eigenvalue weighted by atomic mass is 10.1. The number of rotatable bonds is 3. The maximum Gasteiger partial charge on any atom is 0.262 e. The van der Waals surface area contributed by atoms with Gasteiger partial charge >= 0.3 is 0 Å². The number of pyridine rings is 2. The molecule has 0 fully saturated rings. The van der Waals surface area contributed by atoms with Gasteiger partial charge in [0.2, 0.25) is 5.95 Å². The molecule has 0 radical (unpaired) electrons. The van der Waals surface area contributed by atoms with Crippen molar-refractivity contribution in [2.45, 2.75) is 0 Å². The number of fused-ring (bicyclic) bond motifs is 1. The summed E-state index contributed by atoms with van der Waals surface area (Å²) in [6.45, 7) is 0. The second-order valence-electron chi connectivity index (χ2n) is 5.20. The molecule has 0 aliphatic rings. The SMILES string of the molecule is O=c1[nH]c(Nc2ccccc2)nc2nccc(-c3ccncc3)c12. The highest BCUT2D eigenvalue weighted by molar-refractivity contribution is 5.92. The molecule has 116 valence electrons. The standard InChI is InChI=1S/C18H13N5O/c24-17-15-14(12-6-9-19-10-7-12)8-11-20-16(15)22-18(23-17)21-13-4-2-1-3-5-13/h1-11H,(H2,20,21,22,23,24). The van der Waals surface area contributed by atoms with Crippen molar-refractivity contribution in [1.29, 1.82) is 0 Å². The Morgan fingerprint density at radius 2 is 1.71 bits per heavy atom. The first-order chi connectivity index (χ1) is 11.8. The molecule has 0 aliphatic heterocycles. The average Bonchev–Trinajstić information content (AvgIpc) is 2.63. The van der Waals surface area contributed by atoms with Crippen LogP contribution in [0.3, 0.4) is 0 Å². The Morgan fingerprint density at radius 3 is 2.50 bits per heavy atom. The van der Waals surface area contributed by atoms with Gasteiger partial charge in [-0.1, -0.05) is 18.2 Å². The molecular formula is C18H13N5O. The maximum atomic E-state index is 12.6. The van der Waals surface area contributed by atoms with Gasteiger partial charge in [0.15, 0.2) is 5.65 Å². The molecule has 0 saturated carbocycles. The van der Waals surface area contributed by atoms with E-state index in [0.29, 0.717) is 17.0 Å². The first-order valence-electron chi connectivity index (χ1n) is 7.43. The van der Waals surface area contributed by atoms with E-state index in [-0.39, 0.29) is 5.56 Å². The molecule has 0 bridgehead atoms. The normalized spacial score (nSPS) is 10.7. The number of nitrogens with zero attached hydrogens (tertiary/aromatic N) is 3. The molecule has 2 N–H and O–H groups in total. The number of para-hydroxylation sites is 1. The molecule has 0 saturated heterocycles. The zero-order valence-electron chi connectivity index (χ0n) is 12.6. The predicted molar refractivity (Wildman–Crippen MR) is 93.1 cm³/mol. The average molecular weight is 315 g/mol. The van der Waals surface area contributed by atoms with E-state index in [9.17, 15) is 4.79 Å². The second-order valence-corrected chi connectivity index (χ2v) is 5.20. The third-order valence-corrected chi connectivity index (χ3v) is 3.64. The third kappa shape index (κ3) is 2.61. The van der Waals surface area contributed by atoms with Crippen molar-refractivity contribution >= 4 is 22.7 Å². The summed E-state index contributed by atoms with van der Waals surface area (Å²) in [6.07, 6.45) is 5.03. The van der Waals surface area contributed by atoms with Gasteiger partial charge in [-0.3, -0.25) is 14.8 Å². The van der Waals surface area contributed by atoms with E-state index in [0.717, 1.165) is 16.8 Å². The van der Waals surface area contributed by atoms with Crippen LogP contribution in [0.4, 0.5) is 11.6 Å². The summed E-state index contributed by atoms with van der Waals surface area (Å²) in [6, 6.07) is 15.0. The summed E-state index contributed by atoms with van der Waals surface area (Å²) < 4.78 is 0. The summed E-state index contributed by atoms with van der Waals surface area (Å²) in [7, 11) is 0. The summed E-state index contributed by atoms with van der Waals surface area (Å²) in [4.78, 5) is 28.0. The van der Waals surface area contributed by atoms with Crippen molar-refractivity contribution in [2.24, 2.45) is 0 Å². The largest absolute Gasteiger partial charge is 0.326 e. The van der Waals surface area contributed by atoms with Gasteiger partial charge in [-0.2, -0.15) is 4.98 Å². The van der Waals surface area contributed by atoms with Crippen LogP contribution in [0.15, 0.2) is 71.9 Å². The van der Waals surface area contributed by atoms with Crippen LogP contribution in [0.1, 0.15) is 0 Å². The minimum Gasteiger partial charge on any atom is -0.326 e. The lowest BCUT2D eigenvalue weighted by Crippen LogP contribution is -2.13. The smallest absolute Gasteiger partial charge is 0.262 e. The van der Waals surface area contributed by atoms with E-state index in [4.69, 9.17) is 0 Å². The zero-order chi connectivity index (χ0) is 16.4. The number of nitrogens with one attached hydrogen (secondary N) is 2. The van der Waals surface area contributed by atoms with Crippen LogP contribution < -0.4 is 10.9 Å². The Hall–Kier alpha value is -3.54. The molecule has 0 spiro atoms. The summed E-state index contributed by atoms with van der Waals surface area (Å²) in [5, 5.41) is 3.54. The van der Waals surface area contributed by atoms with Gasteiger partial charge in [-0.05, 0) is 41.5 Å². The Bertz CT molecular complexity index is 1050. The topological polar surface area (TPSA) is 83.6 Å². The molecule has 4 aromatic rings. The molecule has 0 atom stereocenters. The van der Waals surface area contributed by atoms with Crippen molar-refractivity contribution < 1.29 is 0 Å². The Labute approximate surface area is 137 Å². The minimum absolute atomic E-state index is 0.238. The Kier molecular flexibility index (Phi) is 3.47. The van der Waals surface area contributed by atoms with Crippen LogP contribution in [0.5, 0.6) is 0 Å². The number of hydrogen-bond donors (Lipinski definition) is 2. The van der Waals surface area contributed by atoms with Gasteiger partial charge in [0.25, 0.3) is 5.56 Å². The van der Waals surface area contributed by atoms with Crippen molar-refractivity contribution in [2.75, 3.05) is 5.32 Å². The van der Waals surface area contributed by atoms with E-state index >= 15 is 0 Å². The van der Waals surface area contributed by atoms with E-state index in [1.165, 1.54) is 0 Å². The molecule has 1 aromatic carbocycles. The van der Waals surface area contributed by atoms with Gasteiger partial charge < -0.3 is 5.32 Å². The Morgan fingerprint density at radius 1 is 0.917 bits per heavy atom. The minimum atomic E-state index is -0.238. The molecule has 0 aliphatic carbocycles. The lowest BCUT2D eigenvalue weighted by Gasteiger charge is -2.08. The molecule has 0 unspecified atom stereocenters.